The van der Waals surface area contributed by atoms with Crippen molar-refractivity contribution in [3.8, 4) is 0 Å². The van der Waals surface area contributed by atoms with Gasteiger partial charge in [0.05, 0.1) is 6.10 Å². The van der Waals surface area contributed by atoms with Crippen LogP contribution in [0.1, 0.15) is 24.4 Å². The van der Waals surface area contributed by atoms with Gasteiger partial charge in [0.15, 0.2) is 0 Å². The van der Waals surface area contributed by atoms with Gasteiger partial charge in [-0.25, -0.2) is 9.78 Å². The topological polar surface area (TPSA) is 90.0 Å². The van der Waals surface area contributed by atoms with Crippen LogP contribution in [-0.4, -0.2) is 27.7 Å². The molecule has 6 heteroatoms. The first-order chi connectivity index (χ1) is 9.65. The first-order valence-electron chi connectivity index (χ1n) is 6.46. The maximum Gasteiger partial charge on any atom is 0.319 e. The van der Waals surface area contributed by atoms with Crippen molar-refractivity contribution < 1.29 is 9.90 Å². The Morgan fingerprint density at radius 1 is 1.40 bits per heavy atom. The van der Waals surface area contributed by atoms with Gasteiger partial charge in [-0.2, -0.15) is 0 Å². The summed E-state index contributed by atoms with van der Waals surface area (Å²) in [6.07, 6.45) is 3.57. The van der Waals surface area contributed by atoms with Crippen LogP contribution in [0, 0.1) is 0 Å². The first-order valence-corrected chi connectivity index (χ1v) is 6.46. The second kappa shape index (κ2) is 6.72. The minimum absolute atomic E-state index is 0.263. The van der Waals surface area contributed by atoms with E-state index in [4.69, 9.17) is 0 Å². The van der Waals surface area contributed by atoms with Crippen LogP contribution in [0.3, 0.4) is 0 Å². The van der Waals surface area contributed by atoms with Crippen LogP contribution < -0.4 is 10.6 Å². The molecule has 0 aliphatic heterocycles. The van der Waals surface area contributed by atoms with E-state index < -0.39 is 6.10 Å². The Labute approximate surface area is 117 Å². The maximum atomic E-state index is 11.7. The van der Waals surface area contributed by atoms with Crippen molar-refractivity contribution in [1.29, 1.82) is 0 Å². The summed E-state index contributed by atoms with van der Waals surface area (Å²) in [6, 6.07) is 6.82. The molecule has 1 unspecified atom stereocenters. The minimum atomic E-state index is -0.508. The third-order valence-electron chi connectivity index (χ3n) is 2.85. The molecule has 20 heavy (non-hydrogen) atoms. The monoisotopic (exact) mass is 274 g/mol. The molecule has 4 N–H and O–H groups in total. The molecule has 2 aromatic rings. The molecule has 1 aromatic carbocycles. The quantitative estimate of drug-likeness (QED) is 0.670. The molecule has 1 atom stereocenters. The number of imidazole rings is 1. The van der Waals surface area contributed by atoms with Crippen LogP contribution in [0.2, 0.25) is 0 Å². The molecule has 0 saturated heterocycles. The number of rotatable bonds is 5. The number of amides is 2. The number of carbonyl (C=O) groups is 1. The number of hydrogen-bond donors (Lipinski definition) is 4. The average molecular weight is 274 g/mol. The lowest BCUT2D eigenvalue weighted by Gasteiger charge is -2.09. The van der Waals surface area contributed by atoms with E-state index in [2.05, 4.69) is 20.6 Å². The Balaban J connectivity index is 1.76. The largest absolute Gasteiger partial charge is 0.389 e. The van der Waals surface area contributed by atoms with Crippen LogP contribution in [-0.2, 0) is 6.42 Å². The second-order valence-corrected chi connectivity index (χ2v) is 4.46. The van der Waals surface area contributed by atoms with Gasteiger partial charge in [0.2, 0.25) is 0 Å². The summed E-state index contributed by atoms with van der Waals surface area (Å²) in [7, 11) is 0. The van der Waals surface area contributed by atoms with Crippen LogP contribution in [0.4, 0.5) is 10.5 Å². The molecule has 106 valence electrons. The normalized spacial score (nSPS) is 11.9. The number of benzene rings is 1. The molecule has 1 aromatic heterocycles. The Morgan fingerprint density at radius 2 is 2.15 bits per heavy atom. The van der Waals surface area contributed by atoms with E-state index in [1.807, 2.05) is 0 Å². The van der Waals surface area contributed by atoms with Crippen LogP contribution >= 0.6 is 0 Å². The standard InChI is InChI=1S/C14H18N4O2/c1-10(19)11-2-4-12(5-3-11)18-14(20)17-7-6-13-15-8-9-16-13/h2-5,8-10,19H,6-7H2,1H3,(H,15,16)(H2,17,18,20). The van der Waals surface area contributed by atoms with Crippen molar-refractivity contribution in [3.63, 3.8) is 0 Å². The molecule has 0 saturated carbocycles. The van der Waals surface area contributed by atoms with Crippen LogP contribution in [0.5, 0.6) is 0 Å². The van der Waals surface area contributed by atoms with E-state index in [0.29, 0.717) is 18.7 Å². The van der Waals surface area contributed by atoms with E-state index in [1.165, 1.54) is 0 Å². The lowest BCUT2D eigenvalue weighted by atomic mass is 10.1. The summed E-state index contributed by atoms with van der Waals surface area (Å²) in [4.78, 5) is 18.7. The number of aliphatic hydroxyl groups excluding tert-OH is 1. The van der Waals surface area contributed by atoms with Gasteiger partial charge >= 0.3 is 6.03 Å². The van der Waals surface area contributed by atoms with E-state index in [9.17, 15) is 9.90 Å². The highest BCUT2D eigenvalue weighted by molar-refractivity contribution is 5.89. The van der Waals surface area contributed by atoms with E-state index in [-0.39, 0.29) is 6.03 Å². The number of hydrogen-bond acceptors (Lipinski definition) is 3. The van der Waals surface area contributed by atoms with Gasteiger partial charge < -0.3 is 20.7 Å². The molecule has 0 aliphatic carbocycles. The number of aliphatic hydroxyl groups is 1. The summed E-state index contributed by atoms with van der Waals surface area (Å²) in [5.74, 6) is 0.839. The molecule has 2 amide bonds. The number of H-pyrrole nitrogens is 1. The fourth-order valence-corrected chi connectivity index (χ4v) is 1.75. The number of aromatic amines is 1. The molecule has 0 bridgehead atoms. The van der Waals surface area contributed by atoms with Crippen molar-refractivity contribution in [3.05, 3.63) is 48.0 Å². The van der Waals surface area contributed by atoms with Crippen molar-refractivity contribution in [1.82, 2.24) is 15.3 Å². The fraction of sp³-hybridized carbons (Fsp3) is 0.286. The van der Waals surface area contributed by atoms with Gasteiger partial charge in [-0.05, 0) is 24.6 Å². The summed E-state index contributed by atoms with van der Waals surface area (Å²) in [6.45, 7) is 2.20. The molecular formula is C14H18N4O2. The highest BCUT2D eigenvalue weighted by Gasteiger charge is 2.04. The van der Waals surface area contributed by atoms with Crippen LogP contribution in [0.25, 0.3) is 0 Å². The molecule has 0 radical (unpaired) electrons. The summed E-state index contributed by atoms with van der Waals surface area (Å²) in [5.41, 5.74) is 1.50. The molecule has 1 heterocycles. The van der Waals surface area contributed by atoms with Gasteiger partial charge in [0.25, 0.3) is 0 Å². The third kappa shape index (κ3) is 4.10. The van der Waals surface area contributed by atoms with Crippen molar-refractivity contribution in [2.75, 3.05) is 11.9 Å². The average Bonchev–Trinajstić information content (AvgIpc) is 2.92. The zero-order valence-electron chi connectivity index (χ0n) is 11.3. The van der Waals surface area contributed by atoms with Crippen LogP contribution in [0.15, 0.2) is 36.7 Å². The maximum absolute atomic E-state index is 11.7. The summed E-state index contributed by atoms with van der Waals surface area (Å²) < 4.78 is 0. The number of nitrogens with one attached hydrogen (secondary N) is 3. The lowest BCUT2D eigenvalue weighted by Crippen LogP contribution is -2.30. The Bertz CT molecular complexity index is 535. The Morgan fingerprint density at radius 3 is 2.75 bits per heavy atom. The highest BCUT2D eigenvalue weighted by atomic mass is 16.3. The van der Waals surface area contributed by atoms with Crippen molar-refractivity contribution in [2.24, 2.45) is 0 Å². The van der Waals surface area contributed by atoms with Gasteiger partial charge in [-0.3, -0.25) is 0 Å². The van der Waals surface area contributed by atoms with E-state index in [0.717, 1.165) is 11.4 Å². The summed E-state index contributed by atoms with van der Waals surface area (Å²) in [5, 5.41) is 14.9. The number of carbonyl (C=O) groups excluding carboxylic acids is 1. The molecule has 6 nitrogen and oxygen atoms in total. The number of anilines is 1. The molecular weight excluding hydrogens is 256 g/mol. The van der Waals surface area contributed by atoms with Gasteiger partial charge in [0.1, 0.15) is 5.82 Å². The number of aromatic nitrogens is 2. The van der Waals surface area contributed by atoms with E-state index in [1.54, 1.807) is 43.6 Å². The fourth-order valence-electron chi connectivity index (χ4n) is 1.75. The van der Waals surface area contributed by atoms with Gasteiger partial charge in [-0.15, -0.1) is 0 Å². The smallest absolute Gasteiger partial charge is 0.319 e. The Hall–Kier alpha value is -2.34. The number of nitrogens with zero attached hydrogens (tertiary/aromatic N) is 1. The molecule has 0 spiro atoms. The predicted molar refractivity (Wildman–Crippen MR) is 76.4 cm³/mol. The zero-order valence-corrected chi connectivity index (χ0v) is 11.3. The SMILES string of the molecule is CC(O)c1ccc(NC(=O)NCCc2ncc[nH]2)cc1. The molecule has 2 rings (SSSR count). The second-order valence-electron chi connectivity index (χ2n) is 4.46. The predicted octanol–water partition coefficient (Wildman–Crippen LogP) is 1.83. The summed E-state index contributed by atoms with van der Waals surface area (Å²) >= 11 is 0. The Kier molecular flexibility index (Phi) is 4.73. The molecule has 0 aliphatic rings. The third-order valence-corrected chi connectivity index (χ3v) is 2.85. The first kappa shape index (κ1) is 14.1. The lowest BCUT2D eigenvalue weighted by molar-refractivity contribution is 0.199. The highest BCUT2D eigenvalue weighted by Crippen LogP contribution is 2.15. The molecule has 0 fully saturated rings. The van der Waals surface area contributed by atoms with Crippen molar-refractivity contribution in [2.45, 2.75) is 19.4 Å². The minimum Gasteiger partial charge on any atom is -0.389 e. The zero-order chi connectivity index (χ0) is 14.4. The van der Waals surface area contributed by atoms with Gasteiger partial charge in [0, 0.05) is 31.0 Å². The van der Waals surface area contributed by atoms with E-state index >= 15 is 0 Å². The van der Waals surface area contributed by atoms with Gasteiger partial charge in [-0.1, -0.05) is 12.1 Å². The number of urea groups is 1. The van der Waals surface area contributed by atoms with Crippen molar-refractivity contribution >= 4 is 11.7 Å².